The average molecular weight is 291 g/mol. The van der Waals surface area contributed by atoms with Gasteiger partial charge in [-0.2, -0.15) is 0 Å². The van der Waals surface area contributed by atoms with Crippen LogP contribution in [0.5, 0.6) is 0 Å². The van der Waals surface area contributed by atoms with Crippen LogP contribution in [-0.2, 0) is 17.6 Å². The first kappa shape index (κ1) is 14.2. The lowest BCUT2D eigenvalue weighted by molar-refractivity contribution is -0.136. The Bertz CT molecular complexity index is 646. The molecule has 0 spiro atoms. The van der Waals surface area contributed by atoms with Crippen LogP contribution in [0.1, 0.15) is 31.5 Å². The number of aromatic carboxylic acids is 1. The maximum absolute atomic E-state index is 10.8. The molecular weight excluding hydrogens is 278 g/mol. The van der Waals surface area contributed by atoms with Crippen LogP contribution in [0.4, 0.5) is 0 Å². The molecule has 1 aromatic carbocycles. The van der Waals surface area contributed by atoms with Gasteiger partial charge in [-0.3, -0.25) is 4.79 Å². The molecule has 0 saturated carbocycles. The number of hydrogen-bond acceptors (Lipinski definition) is 4. The lowest BCUT2D eigenvalue weighted by atomic mass is 10.1. The minimum Gasteiger partial charge on any atom is -0.481 e. The van der Waals surface area contributed by atoms with E-state index in [1.807, 2.05) is 0 Å². The van der Waals surface area contributed by atoms with Crippen LogP contribution in [0, 0.1) is 6.92 Å². The Kier molecular flexibility index (Phi) is 4.14. The molecule has 2 N–H and O–H groups in total. The van der Waals surface area contributed by atoms with Crippen LogP contribution in [0.15, 0.2) is 24.3 Å². The summed E-state index contributed by atoms with van der Waals surface area (Å²) in [6.07, 6.45) is 0.562. The lowest BCUT2D eigenvalue weighted by Crippen LogP contribution is -1.99. The number of aliphatic carboxylic acids is 1. The van der Waals surface area contributed by atoms with Crippen LogP contribution in [0.3, 0.4) is 0 Å². The molecule has 0 unspecified atom stereocenters. The van der Waals surface area contributed by atoms with Gasteiger partial charge in [0.25, 0.3) is 0 Å². The van der Waals surface area contributed by atoms with Gasteiger partial charge in [-0.05, 0) is 24.6 Å². The second-order valence-corrected chi connectivity index (χ2v) is 5.53. The molecule has 0 amide bonds. The topological polar surface area (TPSA) is 87.5 Å². The van der Waals surface area contributed by atoms with Crippen LogP contribution in [-0.4, -0.2) is 27.1 Å². The maximum Gasteiger partial charge on any atom is 0.335 e. The summed E-state index contributed by atoms with van der Waals surface area (Å²) >= 11 is 1.38. The molecule has 0 aliphatic carbocycles. The number of carbonyl (C=O) groups is 2. The first-order chi connectivity index (χ1) is 9.45. The van der Waals surface area contributed by atoms with Crippen molar-refractivity contribution in [2.45, 2.75) is 19.8 Å². The van der Waals surface area contributed by atoms with E-state index in [0.717, 1.165) is 21.1 Å². The fraction of sp³-hybridized carbons (Fsp3) is 0.214. The molecule has 0 aliphatic rings. The summed E-state index contributed by atoms with van der Waals surface area (Å²) < 4.78 is 0. The summed E-state index contributed by atoms with van der Waals surface area (Å²) in [5, 5.41) is 18.5. The Hall–Kier alpha value is -2.21. The van der Waals surface area contributed by atoms with Gasteiger partial charge in [0.15, 0.2) is 0 Å². The molecule has 0 saturated heterocycles. The third-order valence-electron chi connectivity index (χ3n) is 2.80. The molecule has 1 heterocycles. The number of benzene rings is 1. The van der Waals surface area contributed by atoms with Gasteiger partial charge in [-0.1, -0.05) is 12.1 Å². The standard InChI is InChI=1S/C14H13NO4S/c1-8-11(7-13(16)17)20-12(15-8)6-9-2-4-10(5-3-9)14(18)19/h2-5H,6-7H2,1H3,(H,16,17)(H,18,19). The van der Waals surface area contributed by atoms with Crippen molar-refractivity contribution in [3.8, 4) is 0 Å². The first-order valence-electron chi connectivity index (χ1n) is 5.95. The van der Waals surface area contributed by atoms with Gasteiger partial charge in [0.05, 0.1) is 22.7 Å². The predicted molar refractivity (Wildman–Crippen MR) is 74.4 cm³/mol. The molecule has 6 heteroatoms. The van der Waals surface area contributed by atoms with Gasteiger partial charge in [-0.25, -0.2) is 9.78 Å². The number of hydrogen-bond donors (Lipinski definition) is 2. The highest BCUT2D eigenvalue weighted by atomic mass is 32.1. The monoisotopic (exact) mass is 291 g/mol. The van der Waals surface area contributed by atoms with Gasteiger partial charge >= 0.3 is 11.9 Å². The quantitative estimate of drug-likeness (QED) is 0.883. The summed E-state index contributed by atoms with van der Waals surface area (Å²) in [6.45, 7) is 1.80. The maximum atomic E-state index is 10.8. The van der Waals surface area contributed by atoms with Gasteiger partial charge in [0.1, 0.15) is 0 Å². The van der Waals surface area contributed by atoms with Crippen LogP contribution in [0.2, 0.25) is 0 Å². The zero-order chi connectivity index (χ0) is 14.7. The third-order valence-corrected chi connectivity index (χ3v) is 3.96. The molecular formula is C14H13NO4S. The summed E-state index contributed by atoms with van der Waals surface area (Å²) in [5.74, 6) is -1.82. The number of carboxylic acid groups (broad SMARTS) is 2. The molecule has 0 bridgehead atoms. The summed E-state index contributed by atoms with van der Waals surface area (Å²) in [7, 11) is 0. The molecule has 2 aromatic rings. The largest absolute Gasteiger partial charge is 0.481 e. The summed E-state index contributed by atoms with van der Waals surface area (Å²) in [5.41, 5.74) is 1.94. The minimum atomic E-state index is -0.953. The normalized spacial score (nSPS) is 10.4. The number of aromatic nitrogens is 1. The van der Waals surface area contributed by atoms with E-state index in [1.165, 1.54) is 11.3 Å². The fourth-order valence-corrected chi connectivity index (χ4v) is 2.90. The Morgan fingerprint density at radius 3 is 2.40 bits per heavy atom. The van der Waals surface area contributed by atoms with E-state index in [0.29, 0.717) is 6.42 Å². The molecule has 2 rings (SSSR count). The van der Waals surface area contributed by atoms with E-state index in [4.69, 9.17) is 10.2 Å². The van der Waals surface area contributed by atoms with Gasteiger partial charge in [-0.15, -0.1) is 11.3 Å². The van der Waals surface area contributed by atoms with Crippen LogP contribution < -0.4 is 0 Å². The molecule has 20 heavy (non-hydrogen) atoms. The second-order valence-electron chi connectivity index (χ2n) is 4.37. The highest BCUT2D eigenvalue weighted by Gasteiger charge is 2.11. The number of thiazole rings is 1. The second kappa shape index (κ2) is 5.83. The summed E-state index contributed by atoms with van der Waals surface area (Å²) in [4.78, 5) is 26.6. The van der Waals surface area contributed by atoms with Crippen LogP contribution >= 0.6 is 11.3 Å². The van der Waals surface area contributed by atoms with Crippen molar-refractivity contribution < 1.29 is 19.8 Å². The van der Waals surface area contributed by atoms with Crippen molar-refractivity contribution in [3.05, 3.63) is 51.0 Å². The first-order valence-corrected chi connectivity index (χ1v) is 6.76. The zero-order valence-electron chi connectivity index (χ0n) is 10.8. The molecule has 0 fully saturated rings. The molecule has 5 nitrogen and oxygen atoms in total. The zero-order valence-corrected chi connectivity index (χ0v) is 11.6. The Balaban J connectivity index is 2.13. The van der Waals surface area contributed by atoms with Crippen molar-refractivity contribution in [2.75, 3.05) is 0 Å². The van der Waals surface area contributed by atoms with Gasteiger partial charge < -0.3 is 10.2 Å². The van der Waals surface area contributed by atoms with E-state index in [1.54, 1.807) is 31.2 Å². The highest BCUT2D eigenvalue weighted by Crippen LogP contribution is 2.21. The molecule has 0 radical (unpaired) electrons. The number of carboxylic acids is 2. The predicted octanol–water partition coefficient (Wildman–Crippen LogP) is 2.37. The highest BCUT2D eigenvalue weighted by molar-refractivity contribution is 7.11. The van der Waals surface area contributed by atoms with Crippen molar-refractivity contribution in [1.82, 2.24) is 4.98 Å². The van der Waals surface area contributed by atoms with Gasteiger partial charge in [0.2, 0.25) is 0 Å². The van der Waals surface area contributed by atoms with Crippen LogP contribution in [0.25, 0.3) is 0 Å². The minimum absolute atomic E-state index is 0.0124. The van der Waals surface area contributed by atoms with Crippen molar-refractivity contribution in [3.63, 3.8) is 0 Å². The van der Waals surface area contributed by atoms with E-state index >= 15 is 0 Å². The Morgan fingerprint density at radius 2 is 1.85 bits per heavy atom. The average Bonchev–Trinajstić information content (AvgIpc) is 2.69. The third kappa shape index (κ3) is 3.42. The SMILES string of the molecule is Cc1nc(Cc2ccc(C(=O)O)cc2)sc1CC(=O)O. The van der Waals surface area contributed by atoms with E-state index in [-0.39, 0.29) is 12.0 Å². The molecule has 0 aliphatic heterocycles. The summed E-state index contributed by atoms with van der Waals surface area (Å²) in [6, 6.07) is 6.60. The number of aryl methyl sites for hydroxylation is 1. The van der Waals surface area contributed by atoms with E-state index in [2.05, 4.69) is 4.98 Å². The molecule has 1 aromatic heterocycles. The molecule has 104 valence electrons. The lowest BCUT2D eigenvalue weighted by Gasteiger charge is -1.99. The molecule has 0 atom stereocenters. The van der Waals surface area contributed by atoms with Crippen molar-refractivity contribution in [1.29, 1.82) is 0 Å². The van der Waals surface area contributed by atoms with Crippen molar-refractivity contribution in [2.24, 2.45) is 0 Å². The Morgan fingerprint density at radius 1 is 1.20 bits per heavy atom. The van der Waals surface area contributed by atoms with E-state index in [9.17, 15) is 9.59 Å². The van der Waals surface area contributed by atoms with E-state index < -0.39 is 11.9 Å². The Labute approximate surface area is 119 Å². The van der Waals surface area contributed by atoms with Gasteiger partial charge in [0, 0.05) is 11.3 Å². The number of rotatable bonds is 5. The smallest absolute Gasteiger partial charge is 0.335 e. The van der Waals surface area contributed by atoms with Crippen molar-refractivity contribution >= 4 is 23.3 Å². The number of nitrogens with zero attached hydrogens (tertiary/aromatic N) is 1. The fourth-order valence-electron chi connectivity index (χ4n) is 1.81.